The van der Waals surface area contributed by atoms with Gasteiger partial charge in [0, 0.05) is 29.9 Å². The lowest BCUT2D eigenvalue weighted by Crippen LogP contribution is -2.54. The fourth-order valence-corrected chi connectivity index (χ4v) is 2.73. The van der Waals surface area contributed by atoms with E-state index in [-0.39, 0.29) is 30.0 Å². The summed E-state index contributed by atoms with van der Waals surface area (Å²) in [7, 11) is -0.363. The van der Waals surface area contributed by atoms with Crippen molar-refractivity contribution in [1.29, 1.82) is 0 Å². The molecule has 2 saturated heterocycles. The van der Waals surface area contributed by atoms with Crippen molar-refractivity contribution < 1.29 is 14.0 Å². The molecular weight excluding hydrogens is 293 g/mol. The molecule has 0 spiro atoms. The number of rotatable bonds is 3. The summed E-state index contributed by atoms with van der Waals surface area (Å²) in [4.78, 5) is 0. The van der Waals surface area contributed by atoms with Gasteiger partial charge in [-0.1, -0.05) is 0 Å². The molecule has 1 N–H and O–H groups in total. The molecule has 1 aromatic heterocycles. The molecule has 0 amide bonds. The second-order valence-electron chi connectivity index (χ2n) is 8.28. The molecule has 3 heterocycles. The minimum Gasteiger partial charge on any atom is -0.399 e. The van der Waals surface area contributed by atoms with E-state index in [9.17, 15) is 0 Å². The fraction of sp³-hybridized carbons (Fsp3) is 0.812. The maximum Gasteiger partial charge on any atom is 0.498 e. The molecular formula is C16H28BN3O3. The number of hydrogen-bond acceptors (Lipinski definition) is 5. The lowest BCUT2D eigenvalue weighted by molar-refractivity contribution is -0.0305. The molecule has 0 aromatic carbocycles. The predicted molar refractivity (Wildman–Crippen MR) is 89.8 cm³/mol. The quantitative estimate of drug-likeness (QED) is 0.840. The highest BCUT2D eigenvalue weighted by atomic mass is 16.7. The molecule has 0 bridgehead atoms. The molecule has 0 aliphatic carbocycles. The fourth-order valence-electron chi connectivity index (χ4n) is 2.73. The van der Waals surface area contributed by atoms with Gasteiger partial charge < -0.3 is 19.4 Å². The molecule has 128 valence electrons. The van der Waals surface area contributed by atoms with Crippen LogP contribution in [0.15, 0.2) is 12.4 Å². The minimum absolute atomic E-state index is 0.0501. The van der Waals surface area contributed by atoms with Crippen LogP contribution in [0.5, 0.6) is 0 Å². The average molecular weight is 321 g/mol. The Morgan fingerprint density at radius 2 is 1.87 bits per heavy atom. The van der Waals surface area contributed by atoms with Gasteiger partial charge in [-0.15, -0.1) is 0 Å². The topological polar surface area (TPSA) is 57.5 Å². The smallest absolute Gasteiger partial charge is 0.399 e. The van der Waals surface area contributed by atoms with Crippen molar-refractivity contribution >= 4 is 12.6 Å². The molecule has 2 aliphatic rings. The summed E-state index contributed by atoms with van der Waals surface area (Å²) in [5.74, 6) is 0. The van der Waals surface area contributed by atoms with Gasteiger partial charge in [-0.3, -0.25) is 4.68 Å². The summed E-state index contributed by atoms with van der Waals surface area (Å²) in [6.07, 6.45) is 3.95. The van der Waals surface area contributed by atoms with Gasteiger partial charge in [-0.05, 0) is 41.5 Å². The van der Waals surface area contributed by atoms with E-state index in [2.05, 4.69) is 52.0 Å². The molecule has 1 aromatic rings. The number of nitrogens with zero attached hydrogens (tertiary/aromatic N) is 2. The molecule has 2 fully saturated rings. The molecule has 1 atom stereocenters. The van der Waals surface area contributed by atoms with Crippen LogP contribution in [-0.2, 0) is 20.6 Å². The third kappa shape index (κ3) is 3.48. The Labute approximate surface area is 139 Å². The number of nitrogens with one attached hydrogen (secondary N) is 1. The van der Waals surface area contributed by atoms with Crippen molar-refractivity contribution in [3.8, 4) is 0 Å². The SMILES string of the molecule is CC1(C)COC(Cn2cc(B3OC(C)(C)C(C)(C)O3)cn2)CN1. The number of morpholine rings is 1. The van der Waals surface area contributed by atoms with Crippen molar-refractivity contribution in [3.63, 3.8) is 0 Å². The van der Waals surface area contributed by atoms with Crippen LogP contribution in [0, 0.1) is 0 Å². The second-order valence-corrected chi connectivity index (χ2v) is 8.28. The summed E-state index contributed by atoms with van der Waals surface area (Å²) in [5, 5.41) is 7.93. The van der Waals surface area contributed by atoms with Crippen LogP contribution in [0.1, 0.15) is 41.5 Å². The van der Waals surface area contributed by atoms with E-state index < -0.39 is 0 Å². The molecule has 2 aliphatic heterocycles. The van der Waals surface area contributed by atoms with Gasteiger partial charge in [0.05, 0.1) is 30.5 Å². The Morgan fingerprint density at radius 3 is 2.43 bits per heavy atom. The van der Waals surface area contributed by atoms with E-state index in [0.717, 1.165) is 18.6 Å². The van der Waals surface area contributed by atoms with E-state index in [0.29, 0.717) is 6.61 Å². The molecule has 23 heavy (non-hydrogen) atoms. The van der Waals surface area contributed by atoms with Crippen LogP contribution in [0.4, 0.5) is 0 Å². The summed E-state index contributed by atoms with van der Waals surface area (Å²) in [6, 6.07) is 0. The first-order valence-corrected chi connectivity index (χ1v) is 8.33. The highest BCUT2D eigenvalue weighted by molar-refractivity contribution is 6.61. The number of aromatic nitrogens is 2. The van der Waals surface area contributed by atoms with E-state index in [1.807, 2.05) is 17.1 Å². The van der Waals surface area contributed by atoms with E-state index in [1.165, 1.54) is 0 Å². The Morgan fingerprint density at radius 1 is 1.22 bits per heavy atom. The maximum absolute atomic E-state index is 6.06. The lowest BCUT2D eigenvalue weighted by Gasteiger charge is -2.35. The van der Waals surface area contributed by atoms with E-state index in [4.69, 9.17) is 14.0 Å². The molecule has 3 rings (SSSR count). The highest BCUT2D eigenvalue weighted by Crippen LogP contribution is 2.36. The van der Waals surface area contributed by atoms with Crippen LogP contribution >= 0.6 is 0 Å². The van der Waals surface area contributed by atoms with Gasteiger partial charge in [0.2, 0.25) is 0 Å². The molecule has 0 saturated carbocycles. The zero-order chi connectivity index (χ0) is 16.9. The molecule has 0 radical (unpaired) electrons. The monoisotopic (exact) mass is 321 g/mol. The third-order valence-electron chi connectivity index (χ3n) is 5.06. The normalized spacial score (nSPS) is 29.0. The van der Waals surface area contributed by atoms with Gasteiger partial charge in [0.1, 0.15) is 0 Å². The van der Waals surface area contributed by atoms with Crippen LogP contribution in [0.25, 0.3) is 0 Å². The third-order valence-corrected chi connectivity index (χ3v) is 5.06. The molecule has 7 heteroatoms. The Bertz CT molecular complexity index is 545. The standard InChI is InChI=1S/C16H28BN3O3/c1-14(2)11-21-13(8-18-14)10-20-9-12(7-19-20)17-22-15(3,4)16(5,6)23-17/h7,9,13,18H,8,10-11H2,1-6H3. The van der Waals surface area contributed by atoms with Crippen LogP contribution in [0.2, 0.25) is 0 Å². The maximum atomic E-state index is 6.06. The van der Waals surface area contributed by atoms with Gasteiger partial charge in [-0.25, -0.2) is 0 Å². The first-order chi connectivity index (χ1) is 10.6. The van der Waals surface area contributed by atoms with Crippen molar-refractivity contribution in [1.82, 2.24) is 15.1 Å². The van der Waals surface area contributed by atoms with Crippen molar-refractivity contribution in [2.24, 2.45) is 0 Å². The summed E-state index contributed by atoms with van der Waals surface area (Å²) >= 11 is 0. The largest absolute Gasteiger partial charge is 0.498 e. The summed E-state index contributed by atoms with van der Waals surface area (Å²) in [5.41, 5.74) is 0.338. The highest BCUT2D eigenvalue weighted by Gasteiger charge is 2.52. The zero-order valence-corrected chi connectivity index (χ0v) is 15.0. The number of ether oxygens (including phenoxy) is 1. The lowest BCUT2D eigenvalue weighted by atomic mass is 9.82. The predicted octanol–water partition coefficient (Wildman–Crippen LogP) is 0.949. The molecule has 6 nitrogen and oxygen atoms in total. The first-order valence-electron chi connectivity index (χ1n) is 8.33. The Balaban J connectivity index is 1.61. The first kappa shape index (κ1) is 17.0. The van der Waals surface area contributed by atoms with Crippen molar-refractivity contribution in [3.05, 3.63) is 12.4 Å². The van der Waals surface area contributed by atoms with Gasteiger partial charge >= 0.3 is 7.12 Å². The van der Waals surface area contributed by atoms with Crippen LogP contribution in [-0.4, -0.2) is 52.9 Å². The van der Waals surface area contributed by atoms with Crippen molar-refractivity contribution in [2.45, 2.75) is 70.9 Å². The molecule has 1 unspecified atom stereocenters. The minimum atomic E-state index is -0.363. The van der Waals surface area contributed by atoms with E-state index in [1.54, 1.807) is 0 Å². The van der Waals surface area contributed by atoms with Crippen molar-refractivity contribution in [2.75, 3.05) is 13.2 Å². The Kier molecular flexibility index (Phi) is 4.12. The second kappa shape index (κ2) is 5.58. The van der Waals surface area contributed by atoms with Crippen LogP contribution < -0.4 is 10.8 Å². The summed E-state index contributed by atoms with van der Waals surface area (Å²) in [6.45, 7) is 14.8. The zero-order valence-electron chi connectivity index (χ0n) is 15.0. The van der Waals surface area contributed by atoms with Gasteiger partial charge in [0.25, 0.3) is 0 Å². The van der Waals surface area contributed by atoms with Gasteiger partial charge in [-0.2, -0.15) is 5.10 Å². The number of hydrogen-bond donors (Lipinski definition) is 1. The average Bonchev–Trinajstić information content (AvgIpc) is 2.96. The van der Waals surface area contributed by atoms with E-state index >= 15 is 0 Å². The summed E-state index contributed by atoms with van der Waals surface area (Å²) < 4.78 is 19.9. The van der Waals surface area contributed by atoms with Gasteiger partial charge in [0.15, 0.2) is 0 Å². The van der Waals surface area contributed by atoms with Crippen LogP contribution in [0.3, 0.4) is 0 Å². The Hall–Kier alpha value is -0.885.